The van der Waals surface area contributed by atoms with Gasteiger partial charge in [0.15, 0.2) is 0 Å². The molecule has 3 rings (SSSR count). The van der Waals surface area contributed by atoms with Crippen LogP contribution in [0.2, 0.25) is 0 Å². The van der Waals surface area contributed by atoms with Crippen LogP contribution in [0.4, 0.5) is 4.39 Å². The molecule has 0 aromatic heterocycles. The fraction of sp³-hybridized carbons (Fsp3) is 0.500. The smallest absolute Gasteiger partial charge is 0.344 e. The summed E-state index contributed by atoms with van der Waals surface area (Å²) in [6, 6.07) is 6.11. The Morgan fingerprint density at radius 1 is 1.48 bits per heavy atom. The van der Waals surface area contributed by atoms with Crippen LogP contribution in [-0.4, -0.2) is 47.9 Å². The van der Waals surface area contributed by atoms with E-state index in [-0.39, 0.29) is 13.1 Å². The molecule has 2 aliphatic rings. The van der Waals surface area contributed by atoms with Crippen molar-refractivity contribution in [2.75, 3.05) is 26.2 Å². The Labute approximate surface area is 135 Å². The summed E-state index contributed by atoms with van der Waals surface area (Å²) in [5, 5.41) is 8.84. The van der Waals surface area contributed by atoms with Gasteiger partial charge < -0.3 is 9.84 Å². The molecule has 0 radical (unpaired) electrons. The van der Waals surface area contributed by atoms with Gasteiger partial charge in [0, 0.05) is 19.6 Å². The van der Waals surface area contributed by atoms with Crippen molar-refractivity contribution >= 4 is 12.0 Å². The number of hydrogen-bond acceptors (Lipinski definition) is 3. The molecule has 1 aromatic rings. The number of benzene rings is 1. The maximum absolute atomic E-state index is 13.8. The van der Waals surface area contributed by atoms with Crippen molar-refractivity contribution in [1.29, 1.82) is 0 Å². The second-order valence-corrected chi connectivity index (χ2v) is 6.53. The highest BCUT2D eigenvalue weighted by Gasteiger charge is 2.50. The number of hydrogen-bond donors (Lipinski definition) is 1. The van der Waals surface area contributed by atoms with E-state index in [4.69, 9.17) is 9.84 Å². The molecule has 124 valence electrons. The number of likely N-dealkylation sites (tertiary alicyclic amines) is 1. The first-order valence-corrected chi connectivity index (χ1v) is 8.02. The summed E-state index contributed by atoms with van der Waals surface area (Å²) in [7, 11) is 0. The van der Waals surface area contributed by atoms with Crippen LogP contribution in [0.1, 0.15) is 25.0 Å². The van der Waals surface area contributed by atoms with Crippen molar-refractivity contribution in [2.45, 2.75) is 25.9 Å². The molecule has 1 atom stereocenters. The number of ether oxygens (including phenoxy) is 1. The molecule has 1 aliphatic heterocycles. The Balaban J connectivity index is 1.70. The Bertz CT molecular complexity index is 650. The lowest BCUT2D eigenvalue weighted by molar-refractivity contribution is -0.163. The average molecular weight is 319 g/mol. The van der Waals surface area contributed by atoms with E-state index in [2.05, 4.69) is 25.1 Å². The van der Waals surface area contributed by atoms with Gasteiger partial charge in [-0.2, -0.15) is 0 Å². The number of alkyl halides is 1. The highest BCUT2D eigenvalue weighted by atomic mass is 19.1. The van der Waals surface area contributed by atoms with Crippen LogP contribution in [0.25, 0.3) is 6.08 Å². The molecule has 4 nitrogen and oxygen atoms in total. The summed E-state index contributed by atoms with van der Waals surface area (Å²) in [6.45, 7) is 5.35. The van der Waals surface area contributed by atoms with Crippen molar-refractivity contribution in [3.63, 3.8) is 0 Å². The van der Waals surface area contributed by atoms with Crippen molar-refractivity contribution in [3.05, 3.63) is 34.9 Å². The minimum absolute atomic E-state index is 0.0253. The van der Waals surface area contributed by atoms with Crippen LogP contribution >= 0.6 is 0 Å². The fourth-order valence-electron chi connectivity index (χ4n) is 3.33. The zero-order chi connectivity index (χ0) is 16.6. The first kappa shape index (κ1) is 16.0. The molecule has 1 heterocycles. The molecule has 1 N–H and O–H groups in total. The quantitative estimate of drug-likeness (QED) is 0.907. The molecular formula is C18H22FNO3. The second kappa shape index (κ2) is 5.96. The van der Waals surface area contributed by atoms with Crippen LogP contribution in [0, 0.1) is 5.92 Å². The molecule has 1 aliphatic carbocycles. The van der Waals surface area contributed by atoms with Crippen LogP contribution in [0.5, 0.6) is 5.75 Å². The predicted octanol–water partition coefficient (Wildman–Crippen LogP) is 2.77. The van der Waals surface area contributed by atoms with Crippen LogP contribution < -0.4 is 4.74 Å². The number of rotatable bonds is 5. The lowest BCUT2D eigenvalue weighted by atomic mass is 9.83. The molecule has 0 unspecified atom stereocenters. The topological polar surface area (TPSA) is 49.8 Å². The molecule has 0 saturated carbocycles. The Hall–Kier alpha value is -1.88. The van der Waals surface area contributed by atoms with Gasteiger partial charge in [-0.25, -0.2) is 9.18 Å². The largest absolute Gasteiger partial charge is 0.494 e. The predicted molar refractivity (Wildman–Crippen MR) is 86.4 cm³/mol. The van der Waals surface area contributed by atoms with Crippen molar-refractivity contribution in [1.82, 2.24) is 4.90 Å². The molecule has 5 heteroatoms. The monoisotopic (exact) mass is 319 g/mol. The first-order chi connectivity index (χ1) is 10.9. The molecule has 1 saturated heterocycles. The zero-order valence-electron chi connectivity index (χ0n) is 13.5. The average Bonchev–Trinajstić information content (AvgIpc) is 2.46. The molecule has 0 amide bonds. The van der Waals surface area contributed by atoms with Gasteiger partial charge in [-0.3, -0.25) is 4.90 Å². The minimum atomic E-state index is -2.07. The summed E-state index contributed by atoms with van der Waals surface area (Å²) < 4.78 is 19.4. The van der Waals surface area contributed by atoms with Crippen molar-refractivity contribution in [3.8, 4) is 5.75 Å². The van der Waals surface area contributed by atoms with E-state index in [1.54, 1.807) is 0 Å². The number of fused-ring (bicyclic) bond motifs is 1. The Kier molecular flexibility index (Phi) is 4.15. The Morgan fingerprint density at radius 3 is 2.87 bits per heavy atom. The number of carbonyl (C=O) groups is 1. The van der Waals surface area contributed by atoms with Gasteiger partial charge in [0.25, 0.3) is 0 Å². The van der Waals surface area contributed by atoms with Crippen LogP contribution in [-0.2, 0) is 11.2 Å². The van der Waals surface area contributed by atoms with Gasteiger partial charge in [-0.15, -0.1) is 0 Å². The van der Waals surface area contributed by atoms with Crippen molar-refractivity contribution in [2.24, 2.45) is 5.92 Å². The van der Waals surface area contributed by atoms with Crippen molar-refractivity contribution < 1.29 is 19.0 Å². The standard InChI is InChI=1S/C18H22FNO3/c1-3-23-16-5-4-13-7-15(12(2)6-14(13)8-16)9-20-10-18(19,11-20)17(21)22/h4-5,7-8,12H,3,6,9-11H2,1-2H3,(H,21,22)/t12-/m1/s1. The maximum Gasteiger partial charge on any atom is 0.344 e. The van der Waals surface area contributed by atoms with Gasteiger partial charge in [-0.05, 0) is 42.5 Å². The van der Waals surface area contributed by atoms with E-state index in [9.17, 15) is 9.18 Å². The molecule has 0 bridgehead atoms. The van der Waals surface area contributed by atoms with E-state index in [1.807, 2.05) is 17.9 Å². The second-order valence-electron chi connectivity index (χ2n) is 6.53. The number of halogens is 1. The van der Waals surface area contributed by atoms with E-state index in [0.29, 0.717) is 19.1 Å². The maximum atomic E-state index is 13.8. The van der Waals surface area contributed by atoms with E-state index >= 15 is 0 Å². The Morgan fingerprint density at radius 2 is 2.22 bits per heavy atom. The molecular weight excluding hydrogens is 297 g/mol. The van der Waals surface area contributed by atoms with E-state index in [0.717, 1.165) is 12.2 Å². The van der Waals surface area contributed by atoms with Gasteiger partial charge in [0.05, 0.1) is 6.61 Å². The lowest BCUT2D eigenvalue weighted by Gasteiger charge is -2.42. The lowest BCUT2D eigenvalue weighted by Crippen LogP contribution is -2.63. The summed E-state index contributed by atoms with van der Waals surface area (Å²) >= 11 is 0. The molecule has 1 aromatic carbocycles. The minimum Gasteiger partial charge on any atom is -0.494 e. The summed E-state index contributed by atoms with van der Waals surface area (Å²) in [5.41, 5.74) is 1.60. The number of carboxylic acid groups (broad SMARTS) is 1. The summed E-state index contributed by atoms with van der Waals surface area (Å²) in [5.74, 6) is -0.103. The highest BCUT2D eigenvalue weighted by Crippen LogP contribution is 2.33. The molecule has 23 heavy (non-hydrogen) atoms. The SMILES string of the molecule is CCOc1ccc2c(c1)C[C@@H](C)C(CN1CC(F)(C(=O)O)C1)=C2. The number of carboxylic acids is 1. The van der Waals surface area contributed by atoms with Crippen LogP contribution in [0.15, 0.2) is 23.8 Å². The van der Waals surface area contributed by atoms with E-state index in [1.165, 1.54) is 16.7 Å². The van der Waals surface area contributed by atoms with Gasteiger partial charge in [0.2, 0.25) is 5.67 Å². The summed E-state index contributed by atoms with van der Waals surface area (Å²) in [4.78, 5) is 12.7. The summed E-state index contributed by atoms with van der Waals surface area (Å²) in [6.07, 6.45) is 3.08. The fourth-order valence-corrected chi connectivity index (χ4v) is 3.33. The number of nitrogens with zero attached hydrogens (tertiary/aromatic N) is 1. The van der Waals surface area contributed by atoms with Gasteiger partial charge >= 0.3 is 5.97 Å². The highest BCUT2D eigenvalue weighted by molar-refractivity contribution is 5.79. The molecule has 1 fully saturated rings. The molecule has 0 spiro atoms. The first-order valence-electron chi connectivity index (χ1n) is 8.02. The third-order valence-electron chi connectivity index (χ3n) is 4.66. The zero-order valence-corrected chi connectivity index (χ0v) is 13.5. The number of aliphatic carboxylic acids is 1. The normalized spacial score (nSPS) is 22.7. The third-order valence-corrected chi connectivity index (χ3v) is 4.66. The van der Waals surface area contributed by atoms with Crippen LogP contribution in [0.3, 0.4) is 0 Å². The van der Waals surface area contributed by atoms with E-state index < -0.39 is 11.6 Å². The van der Waals surface area contributed by atoms with Gasteiger partial charge in [0.1, 0.15) is 5.75 Å². The van der Waals surface area contributed by atoms with Gasteiger partial charge in [-0.1, -0.05) is 24.6 Å². The third kappa shape index (κ3) is 3.11.